The molecule has 0 radical (unpaired) electrons. The van der Waals surface area contributed by atoms with Crippen LogP contribution in [0.1, 0.15) is 32.1 Å². The van der Waals surface area contributed by atoms with Crippen molar-refractivity contribution < 1.29 is 14.3 Å². The van der Waals surface area contributed by atoms with Crippen LogP contribution in [0, 0.1) is 0 Å². The fourth-order valence-corrected chi connectivity index (χ4v) is 2.89. The van der Waals surface area contributed by atoms with Gasteiger partial charge in [-0.3, -0.25) is 4.79 Å². The van der Waals surface area contributed by atoms with E-state index >= 15 is 0 Å². The molecular formula is C20H23NO3. The molecule has 3 rings (SSSR count). The number of hydrogen-bond donors (Lipinski definition) is 1. The van der Waals surface area contributed by atoms with E-state index in [2.05, 4.69) is 5.32 Å². The zero-order valence-corrected chi connectivity index (χ0v) is 13.7. The van der Waals surface area contributed by atoms with Crippen molar-refractivity contribution in [3.05, 3.63) is 54.6 Å². The van der Waals surface area contributed by atoms with Crippen LogP contribution >= 0.6 is 0 Å². The predicted octanol–water partition coefficient (Wildman–Crippen LogP) is 4.31. The number of rotatable bonds is 6. The molecule has 0 bridgehead atoms. The minimum Gasteiger partial charge on any atom is -0.484 e. The summed E-state index contributed by atoms with van der Waals surface area (Å²) in [4.78, 5) is 11.9. The van der Waals surface area contributed by atoms with Crippen molar-refractivity contribution in [2.75, 3.05) is 6.61 Å². The minimum absolute atomic E-state index is 0.0495. The van der Waals surface area contributed by atoms with E-state index < -0.39 is 0 Å². The Morgan fingerprint density at radius 2 is 1.50 bits per heavy atom. The molecule has 126 valence electrons. The van der Waals surface area contributed by atoms with Crippen LogP contribution in [-0.2, 0) is 4.79 Å². The summed E-state index contributed by atoms with van der Waals surface area (Å²) in [6.45, 7) is 0.0510. The van der Waals surface area contributed by atoms with Crippen molar-refractivity contribution >= 4 is 5.91 Å². The highest BCUT2D eigenvalue weighted by Crippen LogP contribution is 2.23. The largest absolute Gasteiger partial charge is 0.484 e. The van der Waals surface area contributed by atoms with Gasteiger partial charge in [-0.1, -0.05) is 37.5 Å². The Labute approximate surface area is 142 Å². The lowest BCUT2D eigenvalue weighted by Crippen LogP contribution is -2.38. The van der Waals surface area contributed by atoms with Gasteiger partial charge in [0, 0.05) is 6.04 Å². The van der Waals surface area contributed by atoms with Crippen molar-refractivity contribution in [1.29, 1.82) is 0 Å². The quantitative estimate of drug-likeness (QED) is 0.861. The van der Waals surface area contributed by atoms with Gasteiger partial charge in [-0.2, -0.15) is 0 Å². The molecule has 24 heavy (non-hydrogen) atoms. The van der Waals surface area contributed by atoms with Crippen molar-refractivity contribution in [2.24, 2.45) is 0 Å². The Morgan fingerprint density at radius 1 is 0.875 bits per heavy atom. The summed E-state index contributed by atoms with van der Waals surface area (Å²) in [6.07, 6.45) is 5.85. The molecule has 4 heteroatoms. The molecule has 0 spiro atoms. The zero-order valence-electron chi connectivity index (χ0n) is 13.7. The maximum Gasteiger partial charge on any atom is 0.258 e. The zero-order chi connectivity index (χ0) is 16.6. The number of amides is 1. The van der Waals surface area contributed by atoms with Crippen molar-refractivity contribution in [3.8, 4) is 17.2 Å². The molecule has 1 amide bonds. The molecule has 1 fully saturated rings. The van der Waals surface area contributed by atoms with Crippen molar-refractivity contribution in [1.82, 2.24) is 5.32 Å². The van der Waals surface area contributed by atoms with E-state index in [1.165, 1.54) is 19.3 Å². The molecule has 0 heterocycles. The molecule has 1 saturated carbocycles. The van der Waals surface area contributed by atoms with E-state index in [-0.39, 0.29) is 12.5 Å². The van der Waals surface area contributed by atoms with Gasteiger partial charge < -0.3 is 14.8 Å². The van der Waals surface area contributed by atoms with Gasteiger partial charge in [-0.15, -0.1) is 0 Å². The van der Waals surface area contributed by atoms with Gasteiger partial charge >= 0.3 is 0 Å². The first-order chi connectivity index (χ1) is 11.8. The number of carbonyl (C=O) groups is 1. The van der Waals surface area contributed by atoms with E-state index in [9.17, 15) is 4.79 Å². The third kappa shape index (κ3) is 5.01. The predicted molar refractivity (Wildman–Crippen MR) is 93.5 cm³/mol. The molecule has 0 unspecified atom stereocenters. The molecule has 0 aromatic heterocycles. The molecule has 2 aromatic rings. The summed E-state index contributed by atoms with van der Waals surface area (Å²) in [5, 5.41) is 3.04. The Hall–Kier alpha value is -2.49. The molecule has 1 aliphatic carbocycles. The smallest absolute Gasteiger partial charge is 0.258 e. The highest BCUT2D eigenvalue weighted by atomic mass is 16.5. The summed E-state index contributed by atoms with van der Waals surface area (Å²) < 4.78 is 11.3. The second-order valence-electron chi connectivity index (χ2n) is 6.08. The minimum atomic E-state index is -0.0495. The summed E-state index contributed by atoms with van der Waals surface area (Å²) in [5.74, 6) is 2.14. The standard InChI is InChI=1S/C20H23NO3/c22-20(21-16-7-3-1-4-8-16)15-23-17-11-13-19(14-12-17)24-18-9-5-2-6-10-18/h2,5-6,9-14,16H,1,3-4,7-8,15H2,(H,21,22). The van der Waals surface area contributed by atoms with E-state index in [0.717, 1.165) is 24.3 Å². The topological polar surface area (TPSA) is 47.6 Å². The summed E-state index contributed by atoms with van der Waals surface area (Å²) in [5.41, 5.74) is 0. The Morgan fingerprint density at radius 3 is 2.21 bits per heavy atom. The van der Waals surface area contributed by atoms with Crippen LogP contribution in [0.15, 0.2) is 54.6 Å². The molecule has 0 saturated heterocycles. The SMILES string of the molecule is O=C(COc1ccc(Oc2ccccc2)cc1)NC1CCCCC1. The fourth-order valence-electron chi connectivity index (χ4n) is 2.89. The Balaban J connectivity index is 1.44. The number of ether oxygens (including phenoxy) is 2. The lowest BCUT2D eigenvalue weighted by molar-refractivity contribution is -0.124. The van der Waals surface area contributed by atoms with E-state index in [1.807, 2.05) is 54.6 Å². The van der Waals surface area contributed by atoms with Crippen LogP contribution in [0.5, 0.6) is 17.2 Å². The van der Waals surface area contributed by atoms with E-state index in [4.69, 9.17) is 9.47 Å². The lowest BCUT2D eigenvalue weighted by Gasteiger charge is -2.22. The summed E-state index contributed by atoms with van der Waals surface area (Å²) in [6, 6.07) is 17.2. The second-order valence-corrected chi connectivity index (χ2v) is 6.08. The average molecular weight is 325 g/mol. The number of nitrogens with one attached hydrogen (secondary N) is 1. The monoisotopic (exact) mass is 325 g/mol. The maximum atomic E-state index is 11.9. The number of hydrogen-bond acceptors (Lipinski definition) is 3. The van der Waals surface area contributed by atoms with Gasteiger partial charge in [0.1, 0.15) is 17.2 Å². The fraction of sp³-hybridized carbons (Fsp3) is 0.350. The first-order valence-electron chi connectivity index (χ1n) is 8.55. The highest BCUT2D eigenvalue weighted by molar-refractivity contribution is 5.77. The second kappa shape index (κ2) is 8.39. The summed E-state index contributed by atoms with van der Waals surface area (Å²) in [7, 11) is 0. The molecule has 0 atom stereocenters. The van der Waals surface area contributed by atoms with Crippen molar-refractivity contribution in [3.63, 3.8) is 0 Å². The van der Waals surface area contributed by atoms with Crippen molar-refractivity contribution in [2.45, 2.75) is 38.1 Å². The van der Waals surface area contributed by atoms with Gasteiger partial charge in [0.25, 0.3) is 5.91 Å². The van der Waals surface area contributed by atoms with Crippen LogP contribution in [0.25, 0.3) is 0 Å². The highest BCUT2D eigenvalue weighted by Gasteiger charge is 2.15. The Bertz CT molecular complexity index is 634. The van der Waals surface area contributed by atoms with Crippen LogP contribution < -0.4 is 14.8 Å². The normalized spacial score (nSPS) is 14.8. The van der Waals surface area contributed by atoms with Crippen LogP contribution in [0.3, 0.4) is 0 Å². The molecule has 1 aliphatic rings. The van der Waals surface area contributed by atoms with E-state index in [0.29, 0.717) is 11.8 Å². The molecular weight excluding hydrogens is 302 g/mol. The van der Waals surface area contributed by atoms with Gasteiger partial charge in [-0.25, -0.2) is 0 Å². The number of para-hydroxylation sites is 1. The van der Waals surface area contributed by atoms with Gasteiger partial charge in [0.05, 0.1) is 0 Å². The molecule has 2 aromatic carbocycles. The van der Waals surface area contributed by atoms with Crippen LogP contribution in [-0.4, -0.2) is 18.6 Å². The van der Waals surface area contributed by atoms with Crippen LogP contribution in [0.2, 0.25) is 0 Å². The molecule has 1 N–H and O–H groups in total. The van der Waals surface area contributed by atoms with Gasteiger partial charge in [-0.05, 0) is 49.2 Å². The lowest BCUT2D eigenvalue weighted by atomic mass is 9.95. The first kappa shape index (κ1) is 16.4. The van der Waals surface area contributed by atoms with E-state index in [1.54, 1.807) is 0 Å². The average Bonchev–Trinajstić information content (AvgIpc) is 2.63. The first-order valence-corrected chi connectivity index (χ1v) is 8.55. The maximum absolute atomic E-state index is 11.9. The third-order valence-electron chi connectivity index (χ3n) is 4.14. The number of benzene rings is 2. The molecule has 4 nitrogen and oxygen atoms in total. The Kier molecular flexibility index (Phi) is 5.72. The number of carbonyl (C=O) groups excluding carboxylic acids is 1. The van der Waals surface area contributed by atoms with Gasteiger partial charge in [0.15, 0.2) is 6.61 Å². The third-order valence-corrected chi connectivity index (χ3v) is 4.14. The molecule has 0 aliphatic heterocycles. The summed E-state index contributed by atoms with van der Waals surface area (Å²) >= 11 is 0. The van der Waals surface area contributed by atoms with Crippen LogP contribution in [0.4, 0.5) is 0 Å². The van der Waals surface area contributed by atoms with Gasteiger partial charge in [0.2, 0.25) is 0 Å².